The Hall–Kier alpha value is -1.56. The van der Waals surface area contributed by atoms with Crippen LogP contribution in [0.4, 0.5) is 13.2 Å². The van der Waals surface area contributed by atoms with Crippen molar-refractivity contribution in [2.45, 2.75) is 25.8 Å². The minimum atomic E-state index is -1.02. The van der Waals surface area contributed by atoms with Crippen molar-refractivity contribution in [3.63, 3.8) is 0 Å². The van der Waals surface area contributed by atoms with Gasteiger partial charge < -0.3 is 11.5 Å². The molecule has 0 aliphatic heterocycles. The van der Waals surface area contributed by atoms with Crippen LogP contribution >= 0.6 is 0 Å². The van der Waals surface area contributed by atoms with E-state index in [9.17, 15) is 18.0 Å². The summed E-state index contributed by atoms with van der Waals surface area (Å²) in [7, 11) is 0. The zero-order valence-corrected chi connectivity index (χ0v) is 9.92. The van der Waals surface area contributed by atoms with E-state index in [2.05, 4.69) is 0 Å². The Kier molecular flexibility index (Phi) is 4.72. The van der Waals surface area contributed by atoms with Gasteiger partial charge in [0.2, 0.25) is 5.91 Å². The summed E-state index contributed by atoms with van der Waals surface area (Å²) in [6.45, 7) is 1.70. The first kappa shape index (κ1) is 14.5. The molecular weight excluding hydrogens is 245 g/mol. The van der Waals surface area contributed by atoms with Crippen LogP contribution in [0.25, 0.3) is 0 Å². The van der Waals surface area contributed by atoms with Crippen molar-refractivity contribution in [3.05, 3.63) is 35.1 Å². The third-order valence-electron chi connectivity index (χ3n) is 2.62. The second-order valence-electron chi connectivity index (χ2n) is 4.40. The molecule has 100 valence electrons. The number of hydrogen-bond acceptors (Lipinski definition) is 2. The normalized spacial score (nSPS) is 14.3. The number of carbonyl (C=O) groups excluding carboxylic acids is 1. The zero-order chi connectivity index (χ0) is 13.9. The lowest BCUT2D eigenvalue weighted by Crippen LogP contribution is -2.21. The molecule has 6 heteroatoms. The van der Waals surface area contributed by atoms with Gasteiger partial charge in [0, 0.05) is 30.2 Å². The van der Waals surface area contributed by atoms with Gasteiger partial charge in [0.1, 0.15) is 17.5 Å². The summed E-state index contributed by atoms with van der Waals surface area (Å²) in [6.07, 6.45) is 0.264. The maximum Gasteiger partial charge on any atom is 0.217 e. The predicted octanol–water partition coefficient (Wildman–Crippen LogP) is 2.01. The average Bonchev–Trinajstić information content (AvgIpc) is 2.12. The van der Waals surface area contributed by atoms with Crippen molar-refractivity contribution in [2.75, 3.05) is 0 Å². The molecule has 1 rings (SSSR count). The highest BCUT2D eigenvalue weighted by Crippen LogP contribution is 2.26. The third-order valence-corrected chi connectivity index (χ3v) is 2.62. The van der Waals surface area contributed by atoms with Crippen LogP contribution in [0.3, 0.4) is 0 Å². The fraction of sp³-hybridized carbons (Fsp3) is 0.417. The van der Waals surface area contributed by atoms with Gasteiger partial charge in [-0.3, -0.25) is 4.79 Å². The summed E-state index contributed by atoms with van der Waals surface area (Å²) >= 11 is 0. The lowest BCUT2D eigenvalue weighted by Gasteiger charge is -2.17. The molecule has 0 radical (unpaired) electrons. The summed E-state index contributed by atoms with van der Waals surface area (Å²) in [4.78, 5) is 10.7. The number of primary amides is 1. The molecule has 0 aliphatic rings. The number of rotatable bonds is 5. The van der Waals surface area contributed by atoms with Crippen molar-refractivity contribution in [1.29, 1.82) is 0 Å². The van der Waals surface area contributed by atoms with E-state index in [1.165, 1.54) is 0 Å². The fourth-order valence-corrected chi connectivity index (χ4v) is 1.89. The number of halogens is 3. The second-order valence-corrected chi connectivity index (χ2v) is 4.40. The van der Waals surface area contributed by atoms with E-state index in [0.29, 0.717) is 12.1 Å². The summed E-state index contributed by atoms with van der Waals surface area (Å²) in [5.74, 6) is -3.75. The zero-order valence-electron chi connectivity index (χ0n) is 9.92. The highest BCUT2D eigenvalue weighted by atomic mass is 19.1. The molecule has 1 amide bonds. The van der Waals surface area contributed by atoms with Gasteiger partial charge >= 0.3 is 0 Å². The van der Waals surface area contributed by atoms with E-state index in [-0.39, 0.29) is 24.3 Å². The van der Waals surface area contributed by atoms with E-state index >= 15 is 0 Å². The van der Waals surface area contributed by atoms with Crippen molar-refractivity contribution in [2.24, 2.45) is 17.4 Å². The Labute approximate surface area is 103 Å². The Morgan fingerprint density at radius 3 is 2.22 bits per heavy atom. The van der Waals surface area contributed by atoms with Crippen molar-refractivity contribution >= 4 is 5.91 Å². The number of benzene rings is 1. The van der Waals surface area contributed by atoms with E-state index < -0.39 is 29.4 Å². The van der Waals surface area contributed by atoms with Crippen LogP contribution < -0.4 is 11.5 Å². The van der Waals surface area contributed by atoms with Crippen molar-refractivity contribution in [3.8, 4) is 0 Å². The maximum absolute atomic E-state index is 13.4. The molecule has 0 aliphatic carbocycles. The quantitative estimate of drug-likeness (QED) is 0.850. The largest absolute Gasteiger partial charge is 0.370 e. The average molecular weight is 260 g/mol. The van der Waals surface area contributed by atoms with Gasteiger partial charge in [0.05, 0.1) is 0 Å². The molecule has 0 aromatic heterocycles. The van der Waals surface area contributed by atoms with Crippen LogP contribution in [0, 0.1) is 23.4 Å². The van der Waals surface area contributed by atoms with Crippen molar-refractivity contribution < 1.29 is 18.0 Å². The van der Waals surface area contributed by atoms with Crippen LogP contribution in [-0.2, 0) is 4.79 Å². The van der Waals surface area contributed by atoms with Gasteiger partial charge in [-0.2, -0.15) is 0 Å². The second kappa shape index (κ2) is 5.86. The van der Waals surface area contributed by atoms with E-state index in [0.717, 1.165) is 0 Å². The summed E-state index contributed by atoms with van der Waals surface area (Å²) in [6, 6.07) is 0.216. The number of carbonyl (C=O) groups is 1. The standard InChI is InChI=1S/C12H15F3N2O/c1-6(3-11(17)18)2-10(16)12-8(14)4-7(13)5-9(12)15/h4-6,10H,2-3,16H2,1H3,(H2,17,18). The predicted molar refractivity (Wildman–Crippen MR) is 60.8 cm³/mol. The van der Waals surface area contributed by atoms with Gasteiger partial charge in [0.15, 0.2) is 0 Å². The molecule has 2 unspecified atom stereocenters. The van der Waals surface area contributed by atoms with Crippen LogP contribution in [0.15, 0.2) is 12.1 Å². The van der Waals surface area contributed by atoms with Gasteiger partial charge in [-0.25, -0.2) is 13.2 Å². The summed E-state index contributed by atoms with van der Waals surface area (Å²) in [5.41, 5.74) is 10.3. The Morgan fingerprint density at radius 2 is 1.78 bits per heavy atom. The Balaban J connectivity index is 2.84. The Bertz CT molecular complexity index is 428. The number of nitrogens with two attached hydrogens (primary N) is 2. The minimum Gasteiger partial charge on any atom is -0.370 e. The van der Waals surface area contributed by atoms with Crippen LogP contribution in [0.2, 0.25) is 0 Å². The van der Waals surface area contributed by atoms with E-state index in [4.69, 9.17) is 11.5 Å². The fourth-order valence-electron chi connectivity index (χ4n) is 1.89. The summed E-state index contributed by atoms with van der Waals surface area (Å²) < 4.78 is 39.6. The Morgan fingerprint density at radius 1 is 1.28 bits per heavy atom. The number of amides is 1. The topological polar surface area (TPSA) is 69.1 Å². The lowest BCUT2D eigenvalue weighted by atomic mass is 9.93. The van der Waals surface area contributed by atoms with Crippen LogP contribution in [-0.4, -0.2) is 5.91 Å². The van der Waals surface area contributed by atoms with Crippen LogP contribution in [0.1, 0.15) is 31.4 Å². The molecule has 2 atom stereocenters. The maximum atomic E-state index is 13.4. The molecule has 0 spiro atoms. The highest BCUT2D eigenvalue weighted by Gasteiger charge is 2.20. The number of hydrogen-bond donors (Lipinski definition) is 2. The smallest absolute Gasteiger partial charge is 0.217 e. The SMILES string of the molecule is CC(CC(N)=O)CC(N)c1c(F)cc(F)cc1F. The van der Waals surface area contributed by atoms with Crippen LogP contribution in [0.5, 0.6) is 0 Å². The van der Waals surface area contributed by atoms with Gasteiger partial charge in [-0.15, -0.1) is 0 Å². The third kappa shape index (κ3) is 3.73. The van der Waals surface area contributed by atoms with Gasteiger partial charge in [-0.05, 0) is 12.3 Å². The first-order chi connectivity index (χ1) is 8.31. The van der Waals surface area contributed by atoms with Gasteiger partial charge in [0.25, 0.3) is 0 Å². The molecule has 0 bridgehead atoms. The molecule has 1 aromatic rings. The van der Waals surface area contributed by atoms with E-state index in [1.54, 1.807) is 6.92 Å². The highest BCUT2D eigenvalue weighted by molar-refractivity contribution is 5.73. The van der Waals surface area contributed by atoms with Crippen molar-refractivity contribution in [1.82, 2.24) is 0 Å². The molecule has 0 saturated heterocycles. The molecule has 0 saturated carbocycles. The molecular formula is C12H15F3N2O. The monoisotopic (exact) mass is 260 g/mol. The lowest BCUT2D eigenvalue weighted by molar-refractivity contribution is -0.118. The van der Waals surface area contributed by atoms with E-state index in [1.807, 2.05) is 0 Å². The molecule has 0 fully saturated rings. The molecule has 4 N–H and O–H groups in total. The molecule has 18 heavy (non-hydrogen) atoms. The molecule has 3 nitrogen and oxygen atoms in total. The molecule has 0 heterocycles. The minimum absolute atomic E-state index is 0.0815. The summed E-state index contributed by atoms with van der Waals surface area (Å²) in [5, 5.41) is 0. The first-order valence-electron chi connectivity index (χ1n) is 5.49. The van der Waals surface area contributed by atoms with Gasteiger partial charge in [-0.1, -0.05) is 6.92 Å². The molecule has 1 aromatic carbocycles. The first-order valence-corrected chi connectivity index (χ1v) is 5.49.